The summed E-state index contributed by atoms with van der Waals surface area (Å²) in [6.07, 6.45) is 1.48. The second-order valence-corrected chi connectivity index (χ2v) is 7.39. The van der Waals surface area contributed by atoms with E-state index in [1.165, 1.54) is 18.3 Å². The minimum Gasteiger partial charge on any atom is -0.276 e. The maximum absolute atomic E-state index is 12.1. The van der Waals surface area contributed by atoms with Crippen LogP contribution in [0.1, 0.15) is 5.56 Å². The van der Waals surface area contributed by atoms with Crippen molar-refractivity contribution in [3.05, 3.63) is 39.4 Å². The van der Waals surface area contributed by atoms with Gasteiger partial charge in [0.2, 0.25) is 0 Å². The highest BCUT2D eigenvalue weighted by Crippen LogP contribution is 2.31. The molecule has 0 aliphatic rings. The SMILES string of the molecule is Cc1cc(S(=O)(=O)Nc2cccnc2Cl)sc1Cl. The van der Waals surface area contributed by atoms with Gasteiger partial charge in [0.1, 0.15) is 4.21 Å². The van der Waals surface area contributed by atoms with Crippen molar-refractivity contribution in [2.45, 2.75) is 11.1 Å². The average molecular weight is 323 g/mol. The van der Waals surface area contributed by atoms with Crippen LogP contribution in [-0.4, -0.2) is 13.4 Å². The molecule has 0 unspecified atom stereocenters. The van der Waals surface area contributed by atoms with E-state index in [4.69, 9.17) is 23.2 Å². The van der Waals surface area contributed by atoms with Gasteiger partial charge >= 0.3 is 0 Å². The number of pyridine rings is 1. The average Bonchev–Trinajstić information content (AvgIpc) is 2.63. The Kier molecular flexibility index (Phi) is 3.82. The number of halogens is 2. The molecule has 0 fully saturated rings. The molecule has 0 aliphatic heterocycles. The lowest BCUT2D eigenvalue weighted by Gasteiger charge is -2.06. The van der Waals surface area contributed by atoms with Gasteiger partial charge in [0.25, 0.3) is 10.0 Å². The lowest BCUT2D eigenvalue weighted by molar-refractivity contribution is 0.603. The fourth-order valence-corrected chi connectivity index (χ4v) is 4.22. The smallest absolute Gasteiger partial charge is 0.271 e. The molecule has 18 heavy (non-hydrogen) atoms. The molecule has 0 aliphatic carbocycles. The Labute approximate surface area is 119 Å². The van der Waals surface area contributed by atoms with Crippen molar-refractivity contribution in [2.75, 3.05) is 4.72 Å². The first kappa shape index (κ1) is 13.6. The van der Waals surface area contributed by atoms with Gasteiger partial charge in [0, 0.05) is 6.20 Å². The molecule has 0 aromatic carbocycles. The van der Waals surface area contributed by atoms with Crippen LogP contribution in [0.3, 0.4) is 0 Å². The molecule has 96 valence electrons. The Morgan fingerprint density at radius 1 is 1.39 bits per heavy atom. The third-order valence-electron chi connectivity index (χ3n) is 2.10. The summed E-state index contributed by atoms with van der Waals surface area (Å²) in [5.74, 6) is 0. The summed E-state index contributed by atoms with van der Waals surface area (Å²) >= 11 is 12.6. The molecule has 1 N–H and O–H groups in total. The maximum atomic E-state index is 12.1. The minimum atomic E-state index is -3.68. The lowest BCUT2D eigenvalue weighted by atomic mass is 10.4. The Balaban J connectivity index is 2.36. The number of nitrogens with zero attached hydrogens (tertiary/aromatic N) is 1. The van der Waals surface area contributed by atoms with Crippen molar-refractivity contribution in [3.63, 3.8) is 0 Å². The topological polar surface area (TPSA) is 59.1 Å². The number of aromatic nitrogens is 1. The summed E-state index contributed by atoms with van der Waals surface area (Å²) in [5.41, 5.74) is 0.959. The molecular weight excluding hydrogens is 315 g/mol. The summed E-state index contributed by atoms with van der Waals surface area (Å²) < 4.78 is 27.1. The number of anilines is 1. The van der Waals surface area contributed by atoms with Crippen LogP contribution in [0.4, 0.5) is 5.69 Å². The van der Waals surface area contributed by atoms with Crippen LogP contribution >= 0.6 is 34.5 Å². The highest BCUT2D eigenvalue weighted by atomic mass is 35.5. The van der Waals surface area contributed by atoms with E-state index in [1.807, 2.05) is 0 Å². The third-order valence-corrected chi connectivity index (χ3v) is 5.80. The van der Waals surface area contributed by atoms with Crippen molar-refractivity contribution >= 4 is 50.2 Å². The molecular formula is C10H8Cl2N2O2S2. The number of aryl methyl sites for hydroxylation is 1. The minimum absolute atomic E-state index is 0.0976. The first-order valence-electron chi connectivity index (χ1n) is 4.79. The molecule has 0 atom stereocenters. The van der Waals surface area contributed by atoms with Gasteiger partial charge in [-0.3, -0.25) is 4.72 Å². The Morgan fingerprint density at radius 3 is 2.67 bits per heavy atom. The molecule has 8 heteroatoms. The monoisotopic (exact) mass is 322 g/mol. The molecule has 2 aromatic heterocycles. The summed E-state index contributed by atoms with van der Waals surface area (Å²) in [7, 11) is -3.68. The van der Waals surface area contributed by atoms with Crippen molar-refractivity contribution in [1.29, 1.82) is 0 Å². The predicted octanol–water partition coefficient (Wildman–Crippen LogP) is 3.56. The largest absolute Gasteiger partial charge is 0.276 e. The van der Waals surface area contributed by atoms with E-state index in [1.54, 1.807) is 13.0 Å². The van der Waals surface area contributed by atoms with Crippen LogP contribution in [0, 0.1) is 6.92 Å². The van der Waals surface area contributed by atoms with E-state index in [-0.39, 0.29) is 15.0 Å². The fourth-order valence-electron chi connectivity index (χ4n) is 1.22. The summed E-state index contributed by atoms with van der Waals surface area (Å²) in [6, 6.07) is 4.64. The molecule has 0 bridgehead atoms. The van der Waals surface area contributed by atoms with Crippen molar-refractivity contribution in [3.8, 4) is 0 Å². The van der Waals surface area contributed by atoms with Crippen LogP contribution < -0.4 is 4.72 Å². The lowest BCUT2D eigenvalue weighted by Crippen LogP contribution is -2.12. The first-order valence-corrected chi connectivity index (χ1v) is 7.85. The van der Waals surface area contributed by atoms with Crippen molar-refractivity contribution < 1.29 is 8.42 Å². The summed E-state index contributed by atoms with van der Waals surface area (Å²) in [5, 5.41) is 0.0976. The number of hydrogen-bond donors (Lipinski definition) is 1. The van der Waals surface area contributed by atoms with Crippen LogP contribution in [0.2, 0.25) is 9.49 Å². The molecule has 0 radical (unpaired) electrons. The molecule has 0 saturated carbocycles. The summed E-state index contributed by atoms with van der Waals surface area (Å²) in [4.78, 5) is 3.80. The van der Waals surface area contributed by atoms with Crippen LogP contribution in [0.5, 0.6) is 0 Å². The Morgan fingerprint density at radius 2 is 2.11 bits per heavy atom. The number of rotatable bonds is 3. The molecule has 0 saturated heterocycles. The van der Waals surface area contributed by atoms with Crippen LogP contribution in [0.25, 0.3) is 0 Å². The van der Waals surface area contributed by atoms with Gasteiger partial charge in [-0.05, 0) is 30.7 Å². The van der Waals surface area contributed by atoms with E-state index in [0.29, 0.717) is 4.34 Å². The molecule has 2 rings (SSSR count). The van der Waals surface area contributed by atoms with Gasteiger partial charge in [-0.15, -0.1) is 11.3 Å². The third kappa shape index (κ3) is 2.77. The van der Waals surface area contributed by atoms with Gasteiger partial charge < -0.3 is 0 Å². The molecule has 4 nitrogen and oxygen atoms in total. The van der Waals surface area contributed by atoms with Gasteiger partial charge in [0.05, 0.1) is 10.0 Å². The quantitative estimate of drug-likeness (QED) is 0.879. The number of hydrogen-bond acceptors (Lipinski definition) is 4. The molecule has 2 heterocycles. The van der Waals surface area contributed by atoms with Gasteiger partial charge in [-0.1, -0.05) is 23.2 Å². The van der Waals surface area contributed by atoms with Crippen LogP contribution in [0.15, 0.2) is 28.6 Å². The van der Waals surface area contributed by atoms with Gasteiger partial charge in [-0.25, -0.2) is 13.4 Å². The highest BCUT2D eigenvalue weighted by Gasteiger charge is 2.19. The Bertz CT molecular complexity index is 663. The number of sulfonamides is 1. The highest BCUT2D eigenvalue weighted by molar-refractivity contribution is 7.94. The number of thiophene rings is 1. The standard InChI is InChI=1S/C10H8Cl2N2O2S2/c1-6-5-8(17-10(6)12)18(15,16)14-7-3-2-4-13-9(7)11/h2-5,14H,1H3. The second-order valence-electron chi connectivity index (χ2n) is 3.47. The second kappa shape index (κ2) is 5.05. The van der Waals surface area contributed by atoms with Crippen molar-refractivity contribution in [1.82, 2.24) is 4.98 Å². The first-order chi connectivity index (χ1) is 8.40. The summed E-state index contributed by atoms with van der Waals surface area (Å²) in [6.45, 7) is 1.74. The maximum Gasteiger partial charge on any atom is 0.271 e. The van der Waals surface area contributed by atoms with E-state index in [9.17, 15) is 8.42 Å². The van der Waals surface area contributed by atoms with E-state index >= 15 is 0 Å². The van der Waals surface area contributed by atoms with E-state index < -0.39 is 10.0 Å². The fraction of sp³-hybridized carbons (Fsp3) is 0.100. The van der Waals surface area contributed by atoms with E-state index in [0.717, 1.165) is 16.9 Å². The normalized spacial score (nSPS) is 11.5. The van der Waals surface area contributed by atoms with Crippen LogP contribution in [-0.2, 0) is 10.0 Å². The zero-order chi connectivity index (χ0) is 13.3. The van der Waals surface area contributed by atoms with E-state index in [2.05, 4.69) is 9.71 Å². The zero-order valence-electron chi connectivity index (χ0n) is 9.15. The van der Waals surface area contributed by atoms with Gasteiger partial charge in [-0.2, -0.15) is 0 Å². The molecule has 0 amide bonds. The Hall–Kier alpha value is -0.820. The molecule has 0 spiro atoms. The van der Waals surface area contributed by atoms with Crippen molar-refractivity contribution in [2.24, 2.45) is 0 Å². The predicted molar refractivity (Wildman–Crippen MR) is 74.1 cm³/mol. The number of nitrogens with one attached hydrogen (secondary N) is 1. The zero-order valence-corrected chi connectivity index (χ0v) is 12.3. The molecule has 2 aromatic rings. The van der Waals surface area contributed by atoms with Gasteiger partial charge in [0.15, 0.2) is 5.15 Å².